The van der Waals surface area contributed by atoms with Gasteiger partial charge in [-0.05, 0) is 45.9 Å². The summed E-state index contributed by atoms with van der Waals surface area (Å²) in [5.41, 5.74) is 2.06. The molecule has 3 rings (SSSR count). The van der Waals surface area contributed by atoms with Crippen LogP contribution in [0.5, 0.6) is 0 Å². The Kier molecular flexibility index (Phi) is 3.18. The highest BCUT2D eigenvalue weighted by Crippen LogP contribution is 2.36. The second kappa shape index (κ2) is 4.68. The number of hydrogen-bond acceptors (Lipinski definition) is 4. The third-order valence-corrected chi connectivity index (χ3v) is 4.37. The topological polar surface area (TPSA) is 49.2 Å². The van der Waals surface area contributed by atoms with Crippen molar-refractivity contribution < 1.29 is 9.31 Å². The lowest BCUT2D eigenvalue weighted by molar-refractivity contribution is 0.00578. The molecule has 1 aliphatic rings. The van der Waals surface area contributed by atoms with Gasteiger partial charge < -0.3 is 9.31 Å². The molecular formula is C15H20BN3O2. The summed E-state index contributed by atoms with van der Waals surface area (Å²) in [5, 5.41) is 4.54. The van der Waals surface area contributed by atoms with Crippen LogP contribution >= 0.6 is 0 Å². The Hall–Kier alpha value is -1.66. The van der Waals surface area contributed by atoms with Gasteiger partial charge in [0, 0.05) is 25.0 Å². The minimum atomic E-state index is -0.405. The molecule has 2 aromatic rings. The lowest BCUT2D eigenvalue weighted by Crippen LogP contribution is -2.41. The Morgan fingerprint density at radius 2 is 1.81 bits per heavy atom. The van der Waals surface area contributed by atoms with Gasteiger partial charge in [0.15, 0.2) is 0 Å². The van der Waals surface area contributed by atoms with Crippen molar-refractivity contribution in [3.05, 3.63) is 30.6 Å². The van der Waals surface area contributed by atoms with Crippen molar-refractivity contribution in [1.82, 2.24) is 14.8 Å². The van der Waals surface area contributed by atoms with Gasteiger partial charge in [-0.25, -0.2) is 0 Å². The molecule has 0 atom stereocenters. The molecule has 0 amide bonds. The first-order valence-corrected chi connectivity index (χ1v) is 7.10. The van der Waals surface area contributed by atoms with Crippen molar-refractivity contribution in [2.24, 2.45) is 7.05 Å². The largest absolute Gasteiger partial charge is 0.514 e. The number of rotatable bonds is 2. The Morgan fingerprint density at radius 1 is 1.14 bits per heavy atom. The van der Waals surface area contributed by atoms with Gasteiger partial charge in [0.1, 0.15) is 0 Å². The first-order chi connectivity index (χ1) is 9.80. The fourth-order valence-electron chi connectivity index (χ4n) is 2.32. The van der Waals surface area contributed by atoms with Gasteiger partial charge in [0.2, 0.25) is 0 Å². The van der Waals surface area contributed by atoms with Crippen molar-refractivity contribution >= 4 is 12.7 Å². The first kappa shape index (κ1) is 14.3. The summed E-state index contributed by atoms with van der Waals surface area (Å²) >= 11 is 0. The van der Waals surface area contributed by atoms with Crippen LogP contribution < -0.4 is 5.59 Å². The molecule has 0 radical (unpaired) electrons. The maximum absolute atomic E-state index is 6.08. The van der Waals surface area contributed by atoms with Crippen molar-refractivity contribution in [3.63, 3.8) is 0 Å². The zero-order chi connectivity index (χ0) is 15.3. The van der Waals surface area contributed by atoms with E-state index in [1.807, 2.05) is 57.6 Å². The highest BCUT2D eigenvalue weighted by molar-refractivity contribution is 6.61. The third-order valence-electron chi connectivity index (χ3n) is 4.37. The van der Waals surface area contributed by atoms with Gasteiger partial charge in [-0.3, -0.25) is 9.67 Å². The van der Waals surface area contributed by atoms with Gasteiger partial charge in [0.05, 0.1) is 22.5 Å². The molecule has 6 heteroatoms. The molecule has 110 valence electrons. The molecule has 0 aromatic carbocycles. The van der Waals surface area contributed by atoms with Gasteiger partial charge >= 0.3 is 7.12 Å². The van der Waals surface area contributed by atoms with Crippen molar-refractivity contribution in [2.75, 3.05) is 0 Å². The van der Waals surface area contributed by atoms with Gasteiger partial charge in [-0.1, -0.05) is 0 Å². The van der Waals surface area contributed by atoms with Gasteiger partial charge in [-0.2, -0.15) is 5.10 Å². The van der Waals surface area contributed by atoms with E-state index in [9.17, 15) is 0 Å². The molecule has 1 aliphatic heterocycles. The first-order valence-electron chi connectivity index (χ1n) is 7.10. The third kappa shape index (κ3) is 2.38. The lowest BCUT2D eigenvalue weighted by atomic mass is 9.84. The van der Waals surface area contributed by atoms with Crippen LogP contribution in [-0.4, -0.2) is 33.1 Å². The molecular weight excluding hydrogens is 265 g/mol. The summed E-state index contributed by atoms with van der Waals surface area (Å²) < 4.78 is 14.0. The second-order valence-electron chi connectivity index (χ2n) is 6.41. The van der Waals surface area contributed by atoms with E-state index in [1.54, 1.807) is 12.4 Å². The monoisotopic (exact) mass is 285 g/mol. The normalized spacial score (nSPS) is 20.0. The summed E-state index contributed by atoms with van der Waals surface area (Å²) in [4.78, 5) is 4.13. The van der Waals surface area contributed by atoms with E-state index < -0.39 is 7.12 Å². The lowest BCUT2D eigenvalue weighted by Gasteiger charge is -2.32. The van der Waals surface area contributed by atoms with E-state index in [0.29, 0.717) is 0 Å². The maximum Gasteiger partial charge on any atom is 0.514 e. The number of hydrogen-bond donors (Lipinski definition) is 0. The molecule has 0 bridgehead atoms. The Morgan fingerprint density at radius 3 is 2.38 bits per heavy atom. The van der Waals surface area contributed by atoms with E-state index in [1.165, 1.54) is 0 Å². The summed E-state index contributed by atoms with van der Waals surface area (Å²) in [6.07, 6.45) is 3.55. The van der Waals surface area contributed by atoms with Crippen LogP contribution in [0.15, 0.2) is 30.6 Å². The zero-order valence-corrected chi connectivity index (χ0v) is 13.1. The summed E-state index contributed by atoms with van der Waals surface area (Å²) in [6.45, 7) is 8.19. The quantitative estimate of drug-likeness (QED) is 0.789. The van der Waals surface area contributed by atoms with E-state index in [-0.39, 0.29) is 11.2 Å². The van der Waals surface area contributed by atoms with Gasteiger partial charge in [0.25, 0.3) is 0 Å². The summed E-state index contributed by atoms with van der Waals surface area (Å²) in [5.74, 6) is 0. The minimum Gasteiger partial charge on any atom is -0.398 e. The van der Waals surface area contributed by atoms with E-state index in [2.05, 4.69) is 10.1 Å². The van der Waals surface area contributed by atoms with Crippen LogP contribution in [0.2, 0.25) is 0 Å². The number of nitrogens with zero attached hydrogens (tertiary/aromatic N) is 3. The minimum absolute atomic E-state index is 0.351. The molecule has 5 nitrogen and oxygen atoms in total. The number of aryl methyl sites for hydroxylation is 1. The molecule has 2 aromatic heterocycles. The number of pyridine rings is 1. The van der Waals surface area contributed by atoms with Gasteiger partial charge in [-0.15, -0.1) is 0 Å². The standard InChI is InChI=1S/C15H20BN3O2/c1-14(2)15(3,4)21-16(20-14)13-9-12(18-19(13)5)11-7-6-8-17-10-11/h6-10H,1-5H3. The van der Waals surface area contributed by atoms with E-state index in [0.717, 1.165) is 16.9 Å². The van der Waals surface area contributed by atoms with Crippen LogP contribution in [0.1, 0.15) is 27.7 Å². The van der Waals surface area contributed by atoms with Crippen molar-refractivity contribution in [2.45, 2.75) is 38.9 Å². The van der Waals surface area contributed by atoms with Crippen molar-refractivity contribution in [1.29, 1.82) is 0 Å². The van der Waals surface area contributed by atoms with Crippen LogP contribution in [0.25, 0.3) is 11.3 Å². The molecule has 1 saturated heterocycles. The highest BCUT2D eigenvalue weighted by Gasteiger charge is 2.52. The summed E-state index contributed by atoms with van der Waals surface area (Å²) in [7, 11) is 1.50. The van der Waals surface area contributed by atoms with Crippen LogP contribution in [0, 0.1) is 0 Å². The number of aromatic nitrogens is 3. The Labute approximate surface area is 125 Å². The molecule has 0 spiro atoms. The molecule has 1 fully saturated rings. The zero-order valence-electron chi connectivity index (χ0n) is 13.1. The fourth-order valence-corrected chi connectivity index (χ4v) is 2.32. The predicted molar refractivity (Wildman–Crippen MR) is 82.2 cm³/mol. The van der Waals surface area contributed by atoms with Crippen LogP contribution in [0.3, 0.4) is 0 Å². The summed E-state index contributed by atoms with van der Waals surface area (Å²) in [6, 6.07) is 5.89. The average Bonchev–Trinajstić information content (AvgIpc) is 2.89. The second-order valence-corrected chi connectivity index (χ2v) is 6.41. The molecule has 0 aliphatic carbocycles. The Balaban J connectivity index is 1.93. The molecule has 0 unspecified atom stereocenters. The molecule has 0 saturated carbocycles. The van der Waals surface area contributed by atoms with Crippen LogP contribution in [-0.2, 0) is 16.4 Å². The van der Waals surface area contributed by atoms with Crippen molar-refractivity contribution in [3.8, 4) is 11.3 Å². The highest BCUT2D eigenvalue weighted by atomic mass is 16.7. The maximum atomic E-state index is 6.08. The predicted octanol–water partition coefficient (Wildman–Crippen LogP) is 1.78. The Bertz CT molecular complexity index is 636. The molecule has 21 heavy (non-hydrogen) atoms. The van der Waals surface area contributed by atoms with Crippen LogP contribution in [0.4, 0.5) is 0 Å². The average molecular weight is 285 g/mol. The molecule has 0 N–H and O–H groups in total. The molecule has 3 heterocycles. The van der Waals surface area contributed by atoms with E-state index >= 15 is 0 Å². The SMILES string of the molecule is Cn1nc(-c2cccnc2)cc1B1OC(C)(C)C(C)(C)O1. The van der Waals surface area contributed by atoms with E-state index in [4.69, 9.17) is 9.31 Å². The smallest absolute Gasteiger partial charge is 0.398 e. The fraction of sp³-hybridized carbons (Fsp3) is 0.467.